The quantitative estimate of drug-likeness (QED) is 0.0261. The lowest BCUT2D eigenvalue weighted by molar-refractivity contribution is -0.151. The van der Waals surface area contributed by atoms with Crippen LogP contribution in [0.25, 0.3) is 11.3 Å². The third-order valence-corrected chi connectivity index (χ3v) is 13.3. The minimum atomic E-state index is -1.39. The topological polar surface area (TPSA) is 122 Å². The van der Waals surface area contributed by atoms with Crippen LogP contribution in [0.5, 0.6) is 0 Å². The van der Waals surface area contributed by atoms with Crippen LogP contribution in [0, 0.1) is 0 Å². The number of carbonyl (C=O) groups excluding carboxylic acids is 3. The standard InChI is InChI=1S/C51H40ClN5O5S2/c52-34-61-48(60)43-30-31-63-47-45(46(59)57(43)47)55-44(58)32-53-62-51(38-24-12-4-13-25-38,39-26-14-5-15-27-39)41-29-17-16-28-40(41)42-33-64-49(54-42)56-50(35-18-6-1-7-19-35,36-20-8-2-9-21-36)37-22-10-3-11-23-37/h1-30,32-33,45,47H,31,34H2,(H,54,56)(H,55,58)/b53-32-. The van der Waals surface area contributed by atoms with Crippen molar-refractivity contribution in [3.05, 3.63) is 226 Å². The highest BCUT2D eigenvalue weighted by molar-refractivity contribution is 8.00. The van der Waals surface area contributed by atoms with Crippen molar-refractivity contribution in [1.82, 2.24) is 15.2 Å². The second kappa shape index (κ2) is 18.8. The molecule has 2 aliphatic rings. The van der Waals surface area contributed by atoms with Gasteiger partial charge >= 0.3 is 5.97 Å². The summed E-state index contributed by atoms with van der Waals surface area (Å²) in [7, 11) is 0. The molecule has 0 bridgehead atoms. The van der Waals surface area contributed by atoms with Crippen LogP contribution in [0.4, 0.5) is 5.13 Å². The number of amides is 2. The number of alkyl halides is 1. The number of thioether (sulfide) groups is 1. The summed E-state index contributed by atoms with van der Waals surface area (Å²) in [6, 6.07) is 57.2. The zero-order valence-electron chi connectivity index (χ0n) is 34.1. The number of esters is 1. The second-order valence-corrected chi connectivity index (χ2v) is 17.1. The van der Waals surface area contributed by atoms with E-state index in [2.05, 4.69) is 52.2 Å². The Bertz CT molecular complexity index is 2680. The lowest BCUT2D eigenvalue weighted by Gasteiger charge is -2.48. The van der Waals surface area contributed by atoms with E-state index in [0.717, 1.165) is 45.2 Å². The first-order valence-electron chi connectivity index (χ1n) is 20.4. The van der Waals surface area contributed by atoms with E-state index in [1.807, 2.05) is 145 Å². The van der Waals surface area contributed by atoms with Crippen molar-refractivity contribution in [2.75, 3.05) is 17.1 Å². The summed E-state index contributed by atoms with van der Waals surface area (Å²) in [6.07, 6.45) is 2.65. The largest absolute Gasteiger partial charge is 0.445 e. The molecular weight excluding hydrogens is 862 g/mol. The van der Waals surface area contributed by atoms with Gasteiger partial charge in [0, 0.05) is 33.4 Å². The number of β-lactam (4-membered cyclic amide) rings is 1. The summed E-state index contributed by atoms with van der Waals surface area (Å²) in [5, 5.41) is 13.3. The number of ether oxygens (including phenoxy) is 1. The lowest BCUT2D eigenvalue weighted by Crippen LogP contribution is -2.70. The molecule has 2 N–H and O–H groups in total. The van der Waals surface area contributed by atoms with Gasteiger partial charge in [-0.3, -0.25) is 14.5 Å². The van der Waals surface area contributed by atoms with Gasteiger partial charge in [-0.1, -0.05) is 193 Å². The van der Waals surface area contributed by atoms with E-state index < -0.39 is 40.3 Å². The molecule has 0 radical (unpaired) electrons. The number of aromatic nitrogens is 1. The minimum Gasteiger partial charge on any atom is -0.445 e. The maximum Gasteiger partial charge on any atom is 0.355 e. The highest BCUT2D eigenvalue weighted by atomic mass is 35.5. The van der Waals surface area contributed by atoms with Gasteiger partial charge in [0.1, 0.15) is 28.9 Å². The van der Waals surface area contributed by atoms with Crippen molar-refractivity contribution in [3.8, 4) is 11.3 Å². The molecule has 2 aliphatic heterocycles. The fraction of sp³-hybridized carbons (Fsp3) is 0.118. The molecule has 1 saturated heterocycles. The number of nitrogens with one attached hydrogen (secondary N) is 2. The number of anilines is 1. The van der Waals surface area contributed by atoms with Gasteiger partial charge in [-0.2, -0.15) is 0 Å². The summed E-state index contributed by atoms with van der Waals surface area (Å²) >= 11 is 8.52. The molecule has 2 atom stereocenters. The van der Waals surface area contributed by atoms with E-state index in [4.69, 9.17) is 26.2 Å². The zero-order chi connectivity index (χ0) is 43.9. The Labute approximate surface area is 383 Å². The molecule has 0 saturated carbocycles. The van der Waals surface area contributed by atoms with Gasteiger partial charge in [0.25, 0.3) is 11.8 Å². The van der Waals surface area contributed by atoms with E-state index in [-0.39, 0.29) is 11.8 Å². The molecule has 9 rings (SSSR count). The summed E-state index contributed by atoms with van der Waals surface area (Å²) in [6.45, 7) is 0. The lowest BCUT2D eigenvalue weighted by atomic mass is 9.77. The second-order valence-electron chi connectivity index (χ2n) is 14.8. The summed E-state index contributed by atoms with van der Waals surface area (Å²) in [5.74, 6) is -1.34. The molecule has 13 heteroatoms. The Morgan fingerprint density at radius 3 is 1.81 bits per heavy atom. The van der Waals surface area contributed by atoms with E-state index in [1.54, 1.807) is 6.08 Å². The van der Waals surface area contributed by atoms with Gasteiger partial charge in [0.2, 0.25) is 5.60 Å². The average molecular weight is 902 g/mol. The molecule has 64 heavy (non-hydrogen) atoms. The van der Waals surface area contributed by atoms with E-state index in [0.29, 0.717) is 16.6 Å². The summed E-state index contributed by atoms with van der Waals surface area (Å²) in [5.41, 5.74) is 4.81. The van der Waals surface area contributed by atoms with Crippen LogP contribution in [0.2, 0.25) is 0 Å². The molecule has 1 aromatic heterocycles. The summed E-state index contributed by atoms with van der Waals surface area (Å²) < 4.78 is 4.92. The molecule has 1 fully saturated rings. The number of rotatable bonds is 15. The third kappa shape index (κ3) is 7.96. The number of fused-ring (bicyclic) bond motifs is 1. The van der Waals surface area contributed by atoms with Crippen molar-refractivity contribution in [1.29, 1.82) is 0 Å². The first kappa shape index (κ1) is 42.3. The van der Waals surface area contributed by atoms with E-state index in [9.17, 15) is 14.4 Å². The number of carbonyl (C=O) groups is 3. The first-order valence-corrected chi connectivity index (χ1v) is 22.9. The Morgan fingerprint density at radius 2 is 1.27 bits per heavy atom. The van der Waals surface area contributed by atoms with Crippen LogP contribution in [0.1, 0.15) is 33.4 Å². The molecule has 10 nitrogen and oxygen atoms in total. The van der Waals surface area contributed by atoms with Crippen molar-refractivity contribution in [2.24, 2.45) is 5.16 Å². The number of oxime groups is 1. The van der Waals surface area contributed by atoms with Crippen LogP contribution in [0.15, 0.2) is 198 Å². The van der Waals surface area contributed by atoms with Gasteiger partial charge in [-0.25, -0.2) is 9.78 Å². The summed E-state index contributed by atoms with van der Waals surface area (Å²) in [4.78, 5) is 52.6. The smallest absolute Gasteiger partial charge is 0.355 e. The monoisotopic (exact) mass is 901 g/mol. The molecule has 318 valence electrons. The van der Waals surface area contributed by atoms with Crippen LogP contribution in [0.3, 0.4) is 0 Å². The fourth-order valence-corrected chi connectivity index (χ4v) is 10.4. The van der Waals surface area contributed by atoms with Crippen LogP contribution < -0.4 is 10.6 Å². The van der Waals surface area contributed by atoms with Gasteiger partial charge < -0.3 is 20.2 Å². The Kier molecular flexibility index (Phi) is 12.4. The van der Waals surface area contributed by atoms with Crippen molar-refractivity contribution in [3.63, 3.8) is 0 Å². The molecule has 0 spiro atoms. The Hall–Kier alpha value is -6.99. The van der Waals surface area contributed by atoms with Crippen molar-refractivity contribution < 1.29 is 24.0 Å². The van der Waals surface area contributed by atoms with Gasteiger partial charge in [-0.05, 0) is 22.8 Å². The SMILES string of the molecule is O=C(/C=N\OC(c1ccccc1)(c1ccccc1)c1ccccc1-c1csc(NC(c2ccccc2)(c2ccccc2)c2ccccc2)n1)NC1C(=O)N2C(C(=O)OCCl)=CCSC12. The molecule has 2 amide bonds. The van der Waals surface area contributed by atoms with Crippen molar-refractivity contribution >= 4 is 63.8 Å². The predicted molar refractivity (Wildman–Crippen MR) is 253 cm³/mol. The maximum absolute atomic E-state index is 13.5. The Balaban J connectivity index is 1.08. The number of hydrogen-bond acceptors (Lipinski definition) is 10. The average Bonchev–Trinajstić information content (AvgIpc) is 3.83. The van der Waals surface area contributed by atoms with E-state index in [1.165, 1.54) is 28.0 Å². The molecule has 6 aromatic carbocycles. The van der Waals surface area contributed by atoms with Crippen LogP contribution in [-0.4, -0.2) is 57.1 Å². The highest BCUT2D eigenvalue weighted by Gasteiger charge is 2.53. The van der Waals surface area contributed by atoms with Gasteiger partial charge in [0.15, 0.2) is 11.2 Å². The number of hydrogen-bond donors (Lipinski definition) is 2. The van der Waals surface area contributed by atoms with Gasteiger partial charge in [-0.15, -0.1) is 23.1 Å². The van der Waals surface area contributed by atoms with E-state index >= 15 is 0 Å². The zero-order valence-corrected chi connectivity index (χ0v) is 36.5. The third-order valence-electron chi connectivity index (χ3n) is 11.3. The first-order chi connectivity index (χ1) is 31.4. The molecule has 3 heterocycles. The van der Waals surface area contributed by atoms with Gasteiger partial charge in [0.05, 0.1) is 5.69 Å². The Morgan fingerprint density at radius 1 is 0.750 bits per heavy atom. The minimum absolute atomic E-state index is 0.108. The predicted octanol–water partition coefficient (Wildman–Crippen LogP) is 9.53. The molecule has 7 aromatic rings. The normalized spacial score (nSPS) is 16.0. The van der Waals surface area contributed by atoms with Crippen LogP contribution in [-0.2, 0) is 35.1 Å². The van der Waals surface area contributed by atoms with Crippen LogP contribution >= 0.6 is 34.7 Å². The molecule has 0 aliphatic carbocycles. The maximum atomic E-state index is 13.5. The molecule has 2 unspecified atom stereocenters. The number of nitrogens with zero attached hydrogens (tertiary/aromatic N) is 3. The number of benzene rings is 6. The molecular formula is C51H40ClN5O5S2. The number of thiazole rings is 1. The van der Waals surface area contributed by atoms with Crippen molar-refractivity contribution in [2.45, 2.75) is 22.6 Å². The highest BCUT2D eigenvalue weighted by Crippen LogP contribution is 2.46. The number of halogens is 1. The fourth-order valence-electron chi connectivity index (χ4n) is 8.38.